The van der Waals surface area contributed by atoms with E-state index in [2.05, 4.69) is 0 Å². The molecule has 0 aromatic heterocycles. The Kier molecular flexibility index (Phi) is 5.67. The van der Waals surface area contributed by atoms with Crippen molar-refractivity contribution in [3.05, 3.63) is 120 Å². The van der Waals surface area contributed by atoms with E-state index in [1.54, 1.807) is 54.6 Å². The maximum Gasteiger partial charge on any atom is 0.196 e. The number of aldehydes is 1. The van der Waals surface area contributed by atoms with Crippen molar-refractivity contribution >= 4 is 12.1 Å². The molecule has 0 fully saturated rings. The summed E-state index contributed by atoms with van der Waals surface area (Å²) in [5.41, 5.74) is 1.05. The zero-order chi connectivity index (χ0) is 20.8. The SMILES string of the molecule is O=Cc1cccc(C(=O)c2cccc(Oc3ccccc3)c2)c1Oc1ccccc1. The van der Waals surface area contributed by atoms with Crippen LogP contribution in [0.2, 0.25) is 0 Å². The van der Waals surface area contributed by atoms with Gasteiger partial charge in [0.05, 0.1) is 11.1 Å². The molecule has 4 nitrogen and oxygen atoms in total. The fraction of sp³-hybridized carbons (Fsp3) is 0. The van der Waals surface area contributed by atoms with Crippen molar-refractivity contribution in [2.24, 2.45) is 0 Å². The van der Waals surface area contributed by atoms with Crippen LogP contribution in [-0.2, 0) is 0 Å². The van der Waals surface area contributed by atoms with E-state index < -0.39 is 0 Å². The third kappa shape index (κ3) is 4.28. The van der Waals surface area contributed by atoms with Crippen molar-refractivity contribution in [3.8, 4) is 23.0 Å². The normalized spacial score (nSPS) is 10.3. The second-order valence-electron chi connectivity index (χ2n) is 6.53. The van der Waals surface area contributed by atoms with E-state index >= 15 is 0 Å². The minimum atomic E-state index is -0.261. The van der Waals surface area contributed by atoms with Gasteiger partial charge in [0.15, 0.2) is 12.1 Å². The van der Waals surface area contributed by atoms with E-state index in [1.807, 2.05) is 48.5 Å². The second-order valence-corrected chi connectivity index (χ2v) is 6.53. The molecule has 4 rings (SSSR count). The third-order valence-electron chi connectivity index (χ3n) is 4.46. The van der Waals surface area contributed by atoms with E-state index in [-0.39, 0.29) is 11.5 Å². The molecule has 0 N–H and O–H groups in total. The van der Waals surface area contributed by atoms with Crippen molar-refractivity contribution in [2.75, 3.05) is 0 Å². The van der Waals surface area contributed by atoms with Gasteiger partial charge in [-0.2, -0.15) is 0 Å². The van der Waals surface area contributed by atoms with Gasteiger partial charge >= 0.3 is 0 Å². The molecule has 146 valence electrons. The van der Waals surface area contributed by atoms with Crippen molar-refractivity contribution in [2.45, 2.75) is 0 Å². The lowest BCUT2D eigenvalue weighted by Gasteiger charge is -2.13. The Morgan fingerprint density at radius 1 is 0.633 bits per heavy atom. The molecule has 0 aliphatic heterocycles. The van der Waals surface area contributed by atoms with Gasteiger partial charge in [-0.05, 0) is 48.5 Å². The van der Waals surface area contributed by atoms with Gasteiger partial charge in [0.25, 0.3) is 0 Å². The molecule has 0 aliphatic rings. The second kappa shape index (κ2) is 8.88. The Bertz CT molecular complexity index is 1170. The molecular formula is C26H18O4. The van der Waals surface area contributed by atoms with E-state index in [9.17, 15) is 9.59 Å². The smallest absolute Gasteiger partial charge is 0.196 e. The first kappa shape index (κ1) is 19.2. The number of para-hydroxylation sites is 3. The number of hydrogen-bond donors (Lipinski definition) is 0. The van der Waals surface area contributed by atoms with E-state index in [0.717, 1.165) is 0 Å². The standard InChI is InChI=1S/C26H18O4/c27-18-20-10-8-16-24(26(20)30-22-13-5-2-6-14-22)25(28)19-9-7-15-23(17-19)29-21-11-3-1-4-12-21/h1-18H. The Balaban J connectivity index is 1.68. The lowest BCUT2D eigenvalue weighted by Crippen LogP contribution is -2.06. The largest absolute Gasteiger partial charge is 0.457 e. The molecule has 0 saturated carbocycles. The first-order chi connectivity index (χ1) is 14.7. The van der Waals surface area contributed by atoms with E-state index in [1.165, 1.54) is 0 Å². The molecular weight excluding hydrogens is 376 g/mol. The number of carbonyl (C=O) groups is 2. The molecule has 0 aliphatic carbocycles. The first-order valence-electron chi connectivity index (χ1n) is 9.43. The molecule has 0 unspecified atom stereocenters. The highest BCUT2D eigenvalue weighted by Crippen LogP contribution is 2.31. The van der Waals surface area contributed by atoms with Gasteiger partial charge < -0.3 is 9.47 Å². The van der Waals surface area contributed by atoms with Crippen molar-refractivity contribution < 1.29 is 19.1 Å². The molecule has 30 heavy (non-hydrogen) atoms. The molecule has 0 radical (unpaired) electrons. The Hall–Kier alpha value is -4.18. The lowest BCUT2D eigenvalue weighted by atomic mass is 10.00. The summed E-state index contributed by atoms with van der Waals surface area (Å²) >= 11 is 0. The third-order valence-corrected chi connectivity index (χ3v) is 4.46. The van der Waals surface area contributed by atoms with Gasteiger partial charge in [-0.25, -0.2) is 0 Å². The molecule has 0 amide bonds. The van der Waals surface area contributed by atoms with Crippen molar-refractivity contribution in [1.82, 2.24) is 0 Å². The summed E-state index contributed by atoms with van der Waals surface area (Å²) in [5, 5.41) is 0. The van der Waals surface area contributed by atoms with Crippen molar-refractivity contribution in [1.29, 1.82) is 0 Å². The Morgan fingerprint density at radius 2 is 1.23 bits per heavy atom. The highest BCUT2D eigenvalue weighted by molar-refractivity contribution is 6.12. The zero-order valence-corrected chi connectivity index (χ0v) is 16.0. The average Bonchev–Trinajstić information content (AvgIpc) is 2.80. The summed E-state index contributed by atoms with van der Waals surface area (Å²) in [5.74, 6) is 1.74. The molecule has 4 heteroatoms. The molecule has 0 saturated heterocycles. The van der Waals surface area contributed by atoms with Crippen LogP contribution in [-0.4, -0.2) is 12.1 Å². The minimum absolute atomic E-state index is 0.234. The zero-order valence-electron chi connectivity index (χ0n) is 16.0. The topological polar surface area (TPSA) is 52.6 Å². The molecule has 0 bridgehead atoms. The summed E-state index contributed by atoms with van der Waals surface area (Å²) in [6.45, 7) is 0. The van der Waals surface area contributed by atoms with Gasteiger partial charge in [-0.15, -0.1) is 0 Å². The summed E-state index contributed by atoms with van der Waals surface area (Å²) in [7, 11) is 0. The maximum absolute atomic E-state index is 13.3. The highest BCUT2D eigenvalue weighted by atomic mass is 16.5. The number of benzene rings is 4. The minimum Gasteiger partial charge on any atom is -0.457 e. The van der Waals surface area contributed by atoms with Crippen LogP contribution in [0.25, 0.3) is 0 Å². The Labute approximate surface area is 174 Å². The molecule has 4 aromatic rings. The molecule has 4 aromatic carbocycles. The van der Waals surface area contributed by atoms with Crippen LogP contribution in [0.3, 0.4) is 0 Å². The quantitative estimate of drug-likeness (QED) is 0.272. The number of ketones is 1. The van der Waals surface area contributed by atoms with Gasteiger partial charge in [0.1, 0.15) is 23.0 Å². The van der Waals surface area contributed by atoms with Crippen LogP contribution in [0.1, 0.15) is 26.3 Å². The van der Waals surface area contributed by atoms with E-state index in [4.69, 9.17) is 9.47 Å². The van der Waals surface area contributed by atoms with Crippen LogP contribution in [0.15, 0.2) is 103 Å². The van der Waals surface area contributed by atoms with Gasteiger partial charge in [-0.3, -0.25) is 9.59 Å². The predicted octanol–water partition coefficient (Wildman–Crippen LogP) is 6.31. The van der Waals surface area contributed by atoms with Gasteiger partial charge in [-0.1, -0.05) is 54.6 Å². The number of rotatable bonds is 7. The highest BCUT2D eigenvalue weighted by Gasteiger charge is 2.19. The van der Waals surface area contributed by atoms with Crippen molar-refractivity contribution in [3.63, 3.8) is 0 Å². The van der Waals surface area contributed by atoms with Crippen LogP contribution in [0.5, 0.6) is 23.0 Å². The summed E-state index contributed by atoms with van der Waals surface area (Å²) < 4.78 is 11.8. The van der Waals surface area contributed by atoms with Gasteiger partial charge in [0.2, 0.25) is 0 Å². The summed E-state index contributed by atoms with van der Waals surface area (Å²) in [6, 6.07) is 30.3. The van der Waals surface area contributed by atoms with Crippen LogP contribution < -0.4 is 9.47 Å². The Morgan fingerprint density at radius 3 is 1.90 bits per heavy atom. The fourth-order valence-corrected chi connectivity index (χ4v) is 3.03. The summed E-state index contributed by atoms with van der Waals surface area (Å²) in [6.07, 6.45) is 0.685. The predicted molar refractivity (Wildman–Crippen MR) is 115 cm³/mol. The number of carbonyl (C=O) groups excluding carboxylic acids is 2. The molecule has 0 atom stereocenters. The monoisotopic (exact) mass is 394 g/mol. The fourth-order valence-electron chi connectivity index (χ4n) is 3.03. The first-order valence-corrected chi connectivity index (χ1v) is 9.43. The summed E-state index contributed by atoms with van der Waals surface area (Å²) in [4.78, 5) is 24.9. The lowest BCUT2D eigenvalue weighted by molar-refractivity contribution is 0.103. The number of hydrogen-bond acceptors (Lipinski definition) is 4. The van der Waals surface area contributed by atoms with Crippen LogP contribution >= 0.6 is 0 Å². The van der Waals surface area contributed by atoms with Gasteiger partial charge in [0, 0.05) is 5.56 Å². The van der Waals surface area contributed by atoms with Crippen LogP contribution in [0.4, 0.5) is 0 Å². The van der Waals surface area contributed by atoms with Crippen LogP contribution in [0, 0.1) is 0 Å². The number of ether oxygens (including phenoxy) is 2. The maximum atomic E-state index is 13.3. The molecule has 0 heterocycles. The average molecular weight is 394 g/mol. The van der Waals surface area contributed by atoms with E-state index in [0.29, 0.717) is 40.2 Å². The molecule has 0 spiro atoms.